The fourth-order valence-electron chi connectivity index (χ4n) is 2.67. The van der Waals surface area contributed by atoms with Crippen molar-refractivity contribution in [1.82, 2.24) is 4.98 Å². The molecular weight excluding hydrogens is 314 g/mol. The smallest absolute Gasteiger partial charge is 0.161 e. The van der Waals surface area contributed by atoms with E-state index in [1.54, 1.807) is 14.2 Å². The number of anilines is 1. The van der Waals surface area contributed by atoms with Crippen molar-refractivity contribution in [2.24, 2.45) is 5.10 Å². The third-order valence-electron chi connectivity index (χ3n) is 4.06. The minimum absolute atomic E-state index is 0.675. The first-order valence-electron chi connectivity index (χ1n) is 8.01. The highest BCUT2D eigenvalue weighted by atomic mass is 16.5. The SMILES string of the molecule is COc1ccc(C(C)=NNc2cc(C)c3ccccc3n2)cc1OC. The van der Waals surface area contributed by atoms with Gasteiger partial charge in [-0.05, 0) is 49.7 Å². The molecule has 0 unspecified atom stereocenters. The quantitative estimate of drug-likeness (QED) is 0.555. The maximum Gasteiger partial charge on any atom is 0.161 e. The summed E-state index contributed by atoms with van der Waals surface area (Å²) in [5.74, 6) is 2.09. The summed E-state index contributed by atoms with van der Waals surface area (Å²) < 4.78 is 10.6. The lowest BCUT2D eigenvalue weighted by atomic mass is 10.1. The molecule has 0 spiro atoms. The lowest BCUT2D eigenvalue weighted by Crippen LogP contribution is -2.02. The molecule has 2 aromatic carbocycles. The normalized spacial score (nSPS) is 11.4. The van der Waals surface area contributed by atoms with Gasteiger partial charge in [-0.2, -0.15) is 5.10 Å². The molecule has 5 heteroatoms. The van der Waals surface area contributed by atoms with Crippen LogP contribution in [0.4, 0.5) is 5.82 Å². The van der Waals surface area contributed by atoms with Crippen molar-refractivity contribution in [2.45, 2.75) is 13.8 Å². The second kappa shape index (κ2) is 7.21. The molecule has 128 valence electrons. The van der Waals surface area contributed by atoms with Crippen molar-refractivity contribution in [3.63, 3.8) is 0 Å². The van der Waals surface area contributed by atoms with Crippen LogP contribution in [0.1, 0.15) is 18.1 Å². The molecule has 0 aliphatic rings. The van der Waals surface area contributed by atoms with E-state index in [0.717, 1.165) is 33.6 Å². The van der Waals surface area contributed by atoms with Gasteiger partial charge in [-0.15, -0.1) is 0 Å². The Hall–Kier alpha value is -3.08. The molecule has 1 heterocycles. The number of para-hydroxylation sites is 1. The van der Waals surface area contributed by atoms with Crippen molar-refractivity contribution >= 4 is 22.4 Å². The van der Waals surface area contributed by atoms with Crippen LogP contribution in [0.3, 0.4) is 0 Å². The standard InChI is InChI=1S/C20H21N3O2/c1-13-11-20(21-17-8-6-5-7-16(13)17)23-22-14(2)15-9-10-18(24-3)19(12-15)25-4/h5-12H,1-4H3,(H,21,23). The molecule has 0 aliphatic heterocycles. The molecule has 5 nitrogen and oxygen atoms in total. The highest BCUT2D eigenvalue weighted by Crippen LogP contribution is 2.28. The lowest BCUT2D eigenvalue weighted by Gasteiger charge is -2.10. The third kappa shape index (κ3) is 3.55. The number of ether oxygens (including phenoxy) is 2. The number of aryl methyl sites for hydroxylation is 1. The zero-order valence-corrected chi connectivity index (χ0v) is 14.8. The van der Waals surface area contributed by atoms with Gasteiger partial charge >= 0.3 is 0 Å². The minimum atomic E-state index is 0.675. The summed E-state index contributed by atoms with van der Waals surface area (Å²) in [6, 6.07) is 15.8. The Bertz CT molecular complexity index is 935. The molecule has 0 radical (unpaired) electrons. The monoisotopic (exact) mass is 335 g/mol. The number of rotatable bonds is 5. The zero-order chi connectivity index (χ0) is 17.8. The van der Waals surface area contributed by atoms with Gasteiger partial charge in [0.2, 0.25) is 0 Å². The Morgan fingerprint density at radius 1 is 1.00 bits per heavy atom. The summed E-state index contributed by atoms with van der Waals surface area (Å²) in [6.45, 7) is 4.00. The van der Waals surface area contributed by atoms with E-state index in [0.29, 0.717) is 11.5 Å². The van der Waals surface area contributed by atoms with Crippen LogP contribution in [0.15, 0.2) is 53.6 Å². The molecule has 0 atom stereocenters. The van der Waals surface area contributed by atoms with Crippen LogP contribution in [-0.4, -0.2) is 24.9 Å². The highest BCUT2D eigenvalue weighted by molar-refractivity contribution is 5.99. The fraction of sp³-hybridized carbons (Fsp3) is 0.200. The fourth-order valence-corrected chi connectivity index (χ4v) is 2.67. The van der Waals surface area contributed by atoms with E-state index in [4.69, 9.17) is 9.47 Å². The van der Waals surface area contributed by atoms with E-state index in [-0.39, 0.29) is 0 Å². The number of aromatic nitrogens is 1. The molecular formula is C20H21N3O2. The van der Waals surface area contributed by atoms with E-state index in [2.05, 4.69) is 28.5 Å². The summed E-state index contributed by atoms with van der Waals surface area (Å²) in [4.78, 5) is 4.60. The van der Waals surface area contributed by atoms with Gasteiger partial charge in [-0.3, -0.25) is 5.43 Å². The van der Waals surface area contributed by atoms with Crippen LogP contribution in [0.2, 0.25) is 0 Å². The molecule has 0 saturated heterocycles. The topological polar surface area (TPSA) is 55.7 Å². The number of benzene rings is 2. The zero-order valence-electron chi connectivity index (χ0n) is 14.8. The number of pyridine rings is 1. The van der Waals surface area contributed by atoms with Crippen LogP contribution >= 0.6 is 0 Å². The van der Waals surface area contributed by atoms with Gasteiger partial charge < -0.3 is 9.47 Å². The molecule has 0 amide bonds. The van der Waals surface area contributed by atoms with Gasteiger partial charge in [0.25, 0.3) is 0 Å². The molecule has 0 aliphatic carbocycles. The number of methoxy groups -OCH3 is 2. The summed E-state index contributed by atoms with van der Waals surface area (Å²) in [5.41, 5.74) is 6.93. The van der Waals surface area contributed by atoms with Crippen molar-refractivity contribution in [2.75, 3.05) is 19.6 Å². The highest BCUT2D eigenvalue weighted by Gasteiger charge is 2.07. The first-order chi connectivity index (χ1) is 12.1. The first-order valence-corrected chi connectivity index (χ1v) is 8.01. The Kier molecular flexibility index (Phi) is 4.84. The molecule has 3 aromatic rings. The number of hydrogen-bond acceptors (Lipinski definition) is 5. The van der Waals surface area contributed by atoms with Gasteiger partial charge in [0.1, 0.15) is 5.82 Å². The summed E-state index contributed by atoms with van der Waals surface area (Å²) in [7, 11) is 3.24. The second-order valence-electron chi connectivity index (χ2n) is 5.72. The predicted molar refractivity (Wildman–Crippen MR) is 102 cm³/mol. The van der Waals surface area contributed by atoms with Crippen LogP contribution in [0.5, 0.6) is 11.5 Å². The Morgan fingerprint density at radius 3 is 2.52 bits per heavy atom. The average molecular weight is 335 g/mol. The molecule has 25 heavy (non-hydrogen) atoms. The molecule has 1 aromatic heterocycles. The van der Waals surface area contributed by atoms with Crippen molar-refractivity contribution in [1.29, 1.82) is 0 Å². The van der Waals surface area contributed by atoms with E-state index < -0.39 is 0 Å². The number of nitrogens with zero attached hydrogens (tertiary/aromatic N) is 2. The van der Waals surface area contributed by atoms with Crippen LogP contribution < -0.4 is 14.9 Å². The van der Waals surface area contributed by atoms with Gasteiger partial charge in [-0.25, -0.2) is 4.98 Å². The van der Waals surface area contributed by atoms with Crippen molar-refractivity contribution < 1.29 is 9.47 Å². The average Bonchev–Trinajstić information content (AvgIpc) is 2.65. The van der Waals surface area contributed by atoms with Gasteiger partial charge in [-0.1, -0.05) is 18.2 Å². The Morgan fingerprint density at radius 2 is 1.76 bits per heavy atom. The van der Waals surface area contributed by atoms with Crippen LogP contribution in [0.25, 0.3) is 10.9 Å². The van der Waals surface area contributed by atoms with E-state index in [1.165, 1.54) is 0 Å². The summed E-state index contributed by atoms with van der Waals surface area (Å²) in [5, 5.41) is 5.60. The summed E-state index contributed by atoms with van der Waals surface area (Å²) >= 11 is 0. The van der Waals surface area contributed by atoms with E-state index in [1.807, 2.05) is 49.4 Å². The van der Waals surface area contributed by atoms with Crippen molar-refractivity contribution in [3.05, 3.63) is 59.7 Å². The molecule has 0 saturated carbocycles. The first kappa shape index (κ1) is 16.8. The van der Waals surface area contributed by atoms with E-state index in [9.17, 15) is 0 Å². The van der Waals surface area contributed by atoms with Gasteiger partial charge in [0.15, 0.2) is 11.5 Å². The van der Waals surface area contributed by atoms with Gasteiger partial charge in [0.05, 0.1) is 25.4 Å². The third-order valence-corrected chi connectivity index (χ3v) is 4.06. The number of nitrogens with one attached hydrogen (secondary N) is 1. The molecule has 0 fully saturated rings. The number of hydrogen-bond donors (Lipinski definition) is 1. The van der Waals surface area contributed by atoms with Crippen LogP contribution in [0, 0.1) is 6.92 Å². The van der Waals surface area contributed by atoms with Crippen molar-refractivity contribution in [3.8, 4) is 11.5 Å². The van der Waals surface area contributed by atoms with Gasteiger partial charge in [0, 0.05) is 10.9 Å². The number of fused-ring (bicyclic) bond motifs is 1. The molecule has 0 bridgehead atoms. The maximum absolute atomic E-state index is 5.34. The number of hydrazone groups is 1. The molecule has 1 N–H and O–H groups in total. The molecule has 3 rings (SSSR count). The maximum atomic E-state index is 5.34. The minimum Gasteiger partial charge on any atom is -0.493 e. The predicted octanol–water partition coefficient (Wildman–Crippen LogP) is 4.40. The Labute approximate surface area is 147 Å². The largest absolute Gasteiger partial charge is 0.493 e. The van der Waals surface area contributed by atoms with Crippen LogP contribution in [-0.2, 0) is 0 Å². The van der Waals surface area contributed by atoms with E-state index >= 15 is 0 Å². The lowest BCUT2D eigenvalue weighted by molar-refractivity contribution is 0.355. The second-order valence-corrected chi connectivity index (χ2v) is 5.72. The Balaban J connectivity index is 1.86. The summed E-state index contributed by atoms with van der Waals surface area (Å²) in [6.07, 6.45) is 0.